The zero-order valence-corrected chi connectivity index (χ0v) is 12.0. The SMILES string of the molecule is Cc1cc(Oc2ccc(Br)cc2F)c(C#N)c(C)n1. The topological polar surface area (TPSA) is 45.9 Å². The highest BCUT2D eigenvalue weighted by atomic mass is 79.9. The van der Waals surface area contributed by atoms with Gasteiger partial charge in [-0.1, -0.05) is 15.9 Å². The lowest BCUT2D eigenvalue weighted by atomic mass is 10.2. The summed E-state index contributed by atoms with van der Waals surface area (Å²) in [6, 6.07) is 8.13. The lowest BCUT2D eigenvalue weighted by Gasteiger charge is -2.10. The van der Waals surface area contributed by atoms with Crippen LogP contribution >= 0.6 is 15.9 Å². The number of rotatable bonds is 2. The minimum atomic E-state index is -0.495. The van der Waals surface area contributed by atoms with Crippen molar-refractivity contribution >= 4 is 15.9 Å². The number of hydrogen-bond donors (Lipinski definition) is 0. The highest BCUT2D eigenvalue weighted by molar-refractivity contribution is 9.10. The van der Waals surface area contributed by atoms with Crippen molar-refractivity contribution in [1.82, 2.24) is 4.98 Å². The van der Waals surface area contributed by atoms with Gasteiger partial charge in [0, 0.05) is 16.2 Å². The van der Waals surface area contributed by atoms with Crippen molar-refractivity contribution in [3.63, 3.8) is 0 Å². The van der Waals surface area contributed by atoms with E-state index in [1.165, 1.54) is 12.1 Å². The molecule has 2 aromatic rings. The molecule has 0 aliphatic carbocycles. The van der Waals surface area contributed by atoms with Gasteiger partial charge in [0.25, 0.3) is 0 Å². The second-order valence-corrected chi connectivity index (χ2v) is 4.93. The van der Waals surface area contributed by atoms with E-state index in [0.29, 0.717) is 27.2 Å². The Bertz CT molecular complexity index is 680. The number of aromatic nitrogens is 1. The number of nitrogens with zero attached hydrogens (tertiary/aromatic N) is 2. The number of aryl methyl sites for hydroxylation is 2. The molecule has 0 N–H and O–H groups in total. The molecular weight excluding hydrogens is 311 g/mol. The minimum absolute atomic E-state index is 0.0738. The number of hydrogen-bond acceptors (Lipinski definition) is 3. The molecule has 1 heterocycles. The Hall–Kier alpha value is -1.93. The van der Waals surface area contributed by atoms with E-state index in [1.54, 1.807) is 26.0 Å². The van der Waals surface area contributed by atoms with Crippen LogP contribution in [-0.4, -0.2) is 4.98 Å². The van der Waals surface area contributed by atoms with Crippen LogP contribution in [0.15, 0.2) is 28.7 Å². The van der Waals surface area contributed by atoms with Crippen LogP contribution in [0.5, 0.6) is 11.5 Å². The molecule has 0 bridgehead atoms. The van der Waals surface area contributed by atoms with E-state index in [9.17, 15) is 4.39 Å². The Balaban J connectivity index is 2.46. The van der Waals surface area contributed by atoms with Gasteiger partial charge >= 0.3 is 0 Å². The molecule has 0 atom stereocenters. The normalized spacial score (nSPS) is 10.1. The Morgan fingerprint density at radius 1 is 1.26 bits per heavy atom. The molecule has 0 radical (unpaired) electrons. The Kier molecular flexibility index (Phi) is 3.82. The van der Waals surface area contributed by atoms with E-state index in [4.69, 9.17) is 10.00 Å². The van der Waals surface area contributed by atoms with Crippen LogP contribution in [0, 0.1) is 31.0 Å². The molecule has 1 aromatic carbocycles. The molecule has 0 aliphatic rings. The Morgan fingerprint density at radius 2 is 2.00 bits per heavy atom. The van der Waals surface area contributed by atoms with E-state index in [-0.39, 0.29) is 5.75 Å². The number of nitriles is 1. The third-order valence-corrected chi connectivity index (χ3v) is 3.01. The first-order chi connectivity index (χ1) is 9.01. The fourth-order valence-electron chi connectivity index (χ4n) is 1.69. The molecule has 0 spiro atoms. The van der Waals surface area contributed by atoms with Crippen molar-refractivity contribution in [2.75, 3.05) is 0 Å². The fraction of sp³-hybridized carbons (Fsp3) is 0.143. The van der Waals surface area contributed by atoms with Gasteiger partial charge in [-0.05, 0) is 32.0 Å². The maximum Gasteiger partial charge on any atom is 0.166 e. The molecule has 0 saturated heterocycles. The Morgan fingerprint density at radius 3 is 2.63 bits per heavy atom. The summed E-state index contributed by atoms with van der Waals surface area (Å²) in [7, 11) is 0. The minimum Gasteiger partial charge on any atom is -0.453 e. The van der Waals surface area contributed by atoms with Crippen LogP contribution < -0.4 is 4.74 Å². The average molecular weight is 321 g/mol. The van der Waals surface area contributed by atoms with Gasteiger partial charge in [-0.3, -0.25) is 4.98 Å². The zero-order valence-electron chi connectivity index (χ0n) is 10.4. The van der Waals surface area contributed by atoms with Crippen molar-refractivity contribution in [1.29, 1.82) is 5.26 Å². The molecule has 0 fully saturated rings. The van der Waals surface area contributed by atoms with Crippen LogP contribution in [0.1, 0.15) is 17.0 Å². The van der Waals surface area contributed by atoms with Gasteiger partial charge in [-0.25, -0.2) is 4.39 Å². The first kappa shape index (κ1) is 13.5. The van der Waals surface area contributed by atoms with Crippen molar-refractivity contribution in [3.8, 4) is 17.6 Å². The van der Waals surface area contributed by atoms with Crippen LogP contribution in [0.25, 0.3) is 0 Å². The van der Waals surface area contributed by atoms with Gasteiger partial charge in [0.05, 0.1) is 5.69 Å². The number of halogens is 2. The van der Waals surface area contributed by atoms with Crippen LogP contribution in [0.4, 0.5) is 4.39 Å². The molecule has 19 heavy (non-hydrogen) atoms. The van der Waals surface area contributed by atoms with Crippen molar-refractivity contribution < 1.29 is 9.13 Å². The molecular formula is C14H10BrFN2O. The summed E-state index contributed by atoms with van der Waals surface area (Å²) < 4.78 is 19.8. The van der Waals surface area contributed by atoms with Crippen LogP contribution in [-0.2, 0) is 0 Å². The molecule has 0 aliphatic heterocycles. The standard InChI is InChI=1S/C14H10BrFN2O/c1-8-5-14(11(7-17)9(2)18-8)19-13-4-3-10(15)6-12(13)16/h3-6H,1-2H3. The first-order valence-electron chi connectivity index (χ1n) is 5.52. The molecule has 3 nitrogen and oxygen atoms in total. The summed E-state index contributed by atoms with van der Waals surface area (Å²) in [5, 5.41) is 9.11. The van der Waals surface area contributed by atoms with Crippen molar-refractivity contribution in [2.24, 2.45) is 0 Å². The number of pyridine rings is 1. The third-order valence-electron chi connectivity index (χ3n) is 2.52. The average Bonchev–Trinajstić information content (AvgIpc) is 2.32. The fourth-order valence-corrected chi connectivity index (χ4v) is 2.02. The van der Waals surface area contributed by atoms with Gasteiger partial charge in [-0.15, -0.1) is 0 Å². The number of benzene rings is 1. The highest BCUT2D eigenvalue weighted by Crippen LogP contribution is 2.30. The lowest BCUT2D eigenvalue weighted by Crippen LogP contribution is -1.97. The van der Waals surface area contributed by atoms with Gasteiger partial charge < -0.3 is 4.74 Å². The summed E-state index contributed by atoms with van der Waals surface area (Å²) in [6.45, 7) is 3.51. The molecule has 0 amide bonds. The zero-order chi connectivity index (χ0) is 14.0. The van der Waals surface area contributed by atoms with Gasteiger partial charge in [0.1, 0.15) is 17.4 Å². The predicted molar refractivity (Wildman–Crippen MR) is 72.6 cm³/mol. The maximum atomic E-state index is 13.7. The van der Waals surface area contributed by atoms with E-state index < -0.39 is 5.82 Å². The molecule has 2 rings (SSSR count). The van der Waals surface area contributed by atoms with E-state index in [1.807, 2.05) is 6.07 Å². The lowest BCUT2D eigenvalue weighted by molar-refractivity contribution is 0.439. The van der Waals surface area contributed by atoms with E-state index >= 15 is 0 Å². The highest BCUT2D eigenvalue weighted by Gasteiger charge is 2.12. The summed E-state index contributed by atoms with van der Waals surface area (Å²) in [6.07, 6.45) is 0. The summed E-state index contributed by atoms with van der Waals surface area (Å²) in [5.41, 5.74) is 1.59. The monoisotopic (exact) mass is 320 g/mol. The number of ether oxygens (including phenoxy) is 1. The molecule has 0 unspecified atom stereocenters. The van der Waals surface area contributed by atoms with Gasteiger partial charge in [0.15, 0.2) is 11.6 Å². The summed E-state index contributed by atoms with van der Waals surface area (Å²) >= 11 is 3.18. The van der Waals surface area contributed by atoms with E-state index in [2.05, 4.69) is 20.9 Å². The molecule has 0 saturated carbocycles. The van der Waals surface area contributed by atoms with Gasteiger partial charge in [-0.2, -0.15) is 5.26 Å². The van der Waals surface area contributed by atoms with Crippen LogP contribution in [0.2, 0.25) is 0 Å². The molecule has 5 heteroatoms. The van der Waals surface area contributed by atoms with Crippen molar-refractivity contribution in [3.05, 3.63) is 51.5 Å². The Labute approximate surface area is 118 Å². The van der Waals surface area contributed by atoms with Crippen molar-refractivity contribution in [2.45, 2.75) is 13.8 Å². The summed E-state index contributed by atoms with van der Waals surface area (Å²) in [5.74, 6) is -0.108. The quantitative estimate of drug-likeness (QED) is 0.830. The molecule has 96 valence electrons. The first-order valence-corrected chi connectivity index (χ1v) is 6.32. The maximum absolute atomic E-state index is 13.7. The third kappa shape index (κ3) is 2.91. The molecule has 1 aromatic heterocycles. The second kappa shape index (κ2) is 5.37. The van der Waals surface area contributed by atoms with E-state index in [0.717, 1.165) is 0 Å². The second-order valence-electron chi connectivity index (χ2n) is 4.01. The smallest absolute Gasteiger partial charge is 0.166 e. The predicted octanol–water partition coefficient (Wildman–Crippen LogP) is 4.26. The van der Waals surface area contributed by atoms with Gasteiger partial charge in [0.2, 0.25) is 0 Å². The summed E-state index contributed by atoms with van der Waals surface area (Å²) in [4.78, 5) is 4.18. The van der Waals surface area contributed by atoms with Crippen LogP contribution in [0.3, 0.4) is 0 Å². The largest absolute Gasteiger partial charge is 0.453 e.